The summed E-state index contributed by atoms with van der Waals surface area (Å²) in [5.41, 5.74) is 4.63. The summed E-state index contributed by atoms with van der Waals surface area (Å²) >= 11 is 0. The molecule has 3 rings (SSSR count). The predicted octanol–water partition coefficient (Wildman–Crippen LogP) is 6.21. The number of carbonyl (C=O) groups excluding carboxylic acids is 1. The van der Waals surface area contributed by atoms with E-state index < -0.39 is 0 Å². The topological polar surface area (TPSA) is 35.6 Å². The Hall–Kier alpha value is -2.82. The first-order valence-corrected chi connectivity index (χ1v) is 12.4. The standard InChI is InChI=1S/C29H40FN3O/c1-9-25-22(6)26(28(34)31-16-24-14-11-19(3)15-27(24)30)17-33(23(25)7)29(8)18-32(10-2)21(5)13-12-20(29)4/h10-11,14-15,17,20-21H,2,6,9,12-13,16,18H2,1,3-5,7-8H3,(H,31,34). The molecule has 0 bridgehead atoms. The highest BCUT2D eigenvalue weighted by atomic mass is 19.1. The Morgan fingerprint density at radius 1 is 1.29 bits per heavy atom. The van der Waals surface area contributed by atoms with Crippen LogP contribution in [0.5, 0.6) is 0 Å². The summed E-state index contributed by atoms with van der Waals surface area (Å²) in [7, 11) is 0. The van der Waals surface area contributed by atoms with Gasteiger partial charge in [0.1, 0.15) is 5.82 Å². The van der Waals surface area contributed by atoms with Gasteiger partial charge in [0.15, 0.2) is 0 Å². The molecule has 2 heterocycles. The third-order valence-corrected chi connectivity index (χ3v) is 7.92. The number of benzene rings is 1. The second kappa shape index (κ2) is 10.2. The first-order valence-electron chi connectivity index (χ1n) is 12.4. The second-order valence-electron chi connectivity index (χ2n) is 10.1. The Bertz CT molecular complexity index is 1040. The van der Waals surface area contributed by atoms with Gasteiger partial charge >= 0.3 is 0 Å². The summed E-state index contributed by atoms with van der Waals surface area (Å²) in [6.07, 6.45) is 6.88. The quantitative estimate of drug-likeness (QED) is 0.542. The van der Waals surface area contributed by atoms with E-state index in [0.717, 1.165) is 48.2 Å². The fourth-order valence-electron chi connectivity index (χ4n) is 5.30. The van der Waals surface area contributed by atoms with Crippen molar-refractivity contribution in [1.29, 1.82) is 0 Å². The molecule has 0 saturated carbocycles. The molecule has 0 aromatic heterocycles. The number of amides is 1. The van der Waals surface area contributed by atoms with Gasteiger partial charge in [-0.15, -0.1) is 0 Å². The molecule has 5 heteroatoms. The van der Waals surface area contributed by atoms with Gasteiger partial charge in [-0.3, -0.25) is 4.79 Å². The number of nitrogens with one attached hydrogen (secondary N) is 1. The maximum Gasteiger partial charge on any atom is 0.253 e. The van der Waals surface area contributed by atoms with Gasteiger partial charge < -0.3 is 15.1 Å². The first kappa shape index (κ1) is 25.8. The monoisotopic (exact) mass is 465 g/mol. The highest BCUT2D eigenvalue weighted by molar-refractivity contribution is 5.99. The van der Waals surface area contributed by atoms with E-state index in [1.165, 1.54) is 6.07 Å². The van der Waals surface area contributed by atoms with Gasteiger partial charge in [-0.05, 0) is 81.9 Å². The molecule has 1 fully saturated rings. The Kier molecular flexibility index (Phi) is 7.74. The number of hydrogen-bond acceptors (Lipinski definition) is 3. The average molecular weight is 466 g/mol. The van der Waals surface area contributed by atoms with Gasteiger partial charge in [0, 0.05) is 36.6 Å². The van der Waals surface area contributed by atoms with E-state index >= 15 is 0 Å². The smallest absolute Gasteiger partial charge is 0.253 e. The molecule has 184 valence electrons. The lowest BCUT2D eigenvalue weighted by Gasteiger charge is -2.49. The SMILES string of the molecule is C=CN1CC(C)(N2C=C(C(=O)NCc3ccc(C)cc3F)C(=C)C(CC)=C2C)C(C)CCC1C. The van der Waals surface area contributed by atoms with Crippen LogP contribution < -0.4 is 5.32 Å². The van der Waals surface area contributed by atoms with Crippen LogP contribution in [0, 0.1) is 18.7 Å². The van der Waals surface area contributed by atoms with Gasteiger partial charge in [-0.2, -0.15) is 0 Å². The number of hydrogen-bond donors (Lipinski definition) is 1. The van der Waals surface area contributed by atoms with Crippen LogP contribution in [0.15, 0.2) is 66.2 Å². The maximum absolute atomic E-state index is 14.3. The molecule has 1 N–H and O–H groups in total. The highest BCUT2D eigenvalue weighted by Crippen LogP contribution is 2.42. The molecule has 0 aliphatic carbocycles. The Balaban J connectivity index is 1.95. The summed E-state index contributed by atoms with van der Waals surface area (Å²) < 4.78 is 14.3. The number of rotatable bonds is 6. The number of halogens is 1. The van der Waals surface area contributed by atoms with Crippen molar-refractivity contribution in [2.24, 2.45) is 5.92 Å². The average Bonchev–Trinajstić information content (AvgIpc) is 2.90. The zero-order valence-electron chi connectivity index (χ0n) is 21.7. The summed E-state index contributed by atoms with van der Waals surface area (Å²) in [5.74, 6) is -0.129. The van der Waals surface area contributed by atoms with Crippen LogP contribution in [0.4, 0.5) is 4.39 Å². The fraction of sp³-hybridized carbons (Fsp3) is 0.483. The second-order valence-corrected chi connectivity index (χ2v) is 10.1. The number of allylic oxidation sites excluding steroid dienone is 2. The Morgan fingerprint density at radius 2 is 2.00 bits per heavy atom. The van der Waals surface area contributed by atoms with Crippen LogP contribution in [0.25, 0.3) is 0 Å². The largest absolute Gasteiger partial charge is 0.373 e. The normalized spacial score (nSPS) is 25.7. The fourth-order valence-corrected chi connectivity index (χ4v) is 5.30. The van der Waals surface area contributed by atoms with Crippen molar-refractivity contribution in [3.8, 4) is 0 Å². The first-order chi connectivity index (χ1) is 16.0. The minimum absolute atomic E-state index is 0.134. The molecule has 0 spiro atoms. The van der Waals surface area contributed by atoms with Gasteiger partial charge in [-0.25, -0.2) is 4.39 Å². The zero-order valence-corrected chi connectivity index (χ0v) is 21.7. The van der Waals surface area contributed by atoms with Crippen LogP contribution in [0.1, 0.15) is 65.0 Å². The minimum Gasteiger partial charge on any atom is -0.373 e. The Morgan fingerprint density at radius 3 is 2.62 bits per heavy atom. The highest BCUT2D eigenvalue weighted by Gasteiger charge is 2.43. The molecular formula is C29H40FN3O. The predicted molar refractivity (Wildman–Crippen MR) is 138 cm³/mol. The lowest BCUT2D eigenvalue weighted by atomic mass is 9.80. The number of aryl methyl sites for hydroxylation is 1. The molecule has 2 aliphatic heterocycles. The Labute approximate surface area is 204 Å². The van der Waals surface area contributed by atoms with E-state index in [4.69, 9.17) is 0 Å². The molecule has 1 aromatic rings. The lowest BCUT2D eigenvalue weighted by Crippen LogP contribution is -2.54. The van der Waals surface area contributed by atoms with Gasteiger partial charge in [-0.1, -0.05) is 39.1 Å². The molecule has 3 unspecified atom stereocenters. The van der Waals surface area contributed by atoms with Gasteiger partial charge in [0.2, 0.25) is 0 Å². The van der Waals surface area contributed by atoms with Crippen molar-refractivity contribution < 1.29 is 9.18 Å². The molecule has 1 amide bonds. The van der Waals surface area contributed by atoms with Crippen molar-refractivity contribution in [3.05, 3.63) is 83.1 Å². The van der Waals surface area contributed by atoms with Gasteiger partial charge in [0.25, 0.3) is 5.91 Å². The van der Waals surface area contributed by atoms with Crippen LogP contribution >= 0.6 is 0 Å². The van der Waals surface area contributed by atoms with E-state index in [9.17, 15) is 9.18 Å². The molecule has 3 atom stereocenters. The van der Waals surface area contributed by atoms with Crippen molar-refractivity contribution in [2.45, 2.75) is 78.9 Å². The van der Waals surface area contributed by atoms with E-state index in [2.05, 4.69) is 62.9 Å². The summed E-state index contributed by atoms with van der Waals surface area (Å²) in [6.45, 7) is 22.2. The van der Waals surface area contributed by atoms with E-state index in [-0.39, 0.29) is 23.8 Å². The minimum atomic E-state index is -0.304. The van der Waals surface area contributed by atoms with Crippen molar-refractivity contribution in [1.82, 2.24) is 15.1 Å². The molecule has 2 aliphatic rings. The van der Waals surface area contributed by atoms with Crippen LogP contribution in [0.2, 0.25) is 0 Å². The summed E-state index contributed by atoms with van der Waals surface area (Å²) in [4.78, 5) is 18.0. The van der Waals surface area contributed by atoms with Crippen molar-refractivity contribution >= 4 is 5.91 Å². The third-order valence-electron chi connectivity index (χ3n) is 7.92. The van der Waals surface area contributed by atoms with Crippen LogP contribution in [-0.2, 0) is 11.3 Å². The van der Waals surface area contributed by atoms with E-state index in [0.29, 0.717) is 23.1 Å². The maximum atomic E-state index is 14.3. The molecule has 4 nitrogen and oxygen atoms in total. The number of nitrogens with zero attached hydrogens (tertiary/aromatic N) is 2. The lowest BCUT2D eigenvalue weighted by molar-refractivity contribution is -0.117. The van der Waals surface area contributed by atoms with Crippen LogP contribution in [-0.4, -0.2) is 33.8 Å². The van der Waals surface area contributed by atoms with Crippen molar-refractivity contribution in [3.63, 3.8) is 0 Å². The number of carbonyl (C=O) groups is 1. The third kappa shape index (κ3) is 4.84. The molecule has 1 aromatic carbocycles. The number of likely N-dealkylation sites (tertiary alicyclic amines) is 1. The molecule has 0 radical (unpaired) electrons. The summed E-state index contributed by atoms with van der Waals surface area (Å²) in [6, 6.07) is 5.49. The molecule has 34 heavy (non-hydrogen) atoms. The molecule has 1 saturated heterocycles. The van der Waals surface area contributed by atoms with E-state index in [1.54, 1.807) is 6.07 Å². The van der Waals surface area contributed by atoms with E-state index in [1.807, 2.05) is 25.4 Å². The van der Waals surface area contributed by atoms with Crippen molar-refractivity contribution in [2.75, 3.05) is 6.54 Å². The van der Waals surface area contributed by atoms with Crippen LogP contribution in [0.3, 0.4) is 0 Å². The molecular weight excluding hydrogens is 425 g/mol. The van der Waals surface area contributed by atoms with Gasteiger partial charge in [0.05, 0.1) is 11.1 Å². The summed E-state index contributed by atoms with van der Waals surface area (Å²) in [5, 5.41) is 2.92. The zero-order chi connectivity index (χ0) is 25.2.